The van der Waals surface area contributed by atoms with Crippen LogP contribution in [0.15, 0.2) is 12.4 Å². The molecule has 0 atom stereocenters. The molecule has 0 aliphatic heterocycles. The van der Waals surface area contributed by atoms with Crippen molar-refractivity contribution in [3.05, 3.63) is 23.5 Å². The molecule has 0 spiro atoms. The first-order chi connectivity index (χ1) is 7.36. The summed E-state index contributed by atoms with van der Waals surface area (Å²) in [5.41, 5.74) is -2.20. The third kappa shape index (κ3) is 2.65. The third-order valence-electron chi connectivity index (χ3n) is 1.56. The maximum absolute atomic E-state index is 12.3. The smallest absolute Gasteiger partial charge is 0.421 e. The summed E-state index contributed by atoms with van der Waals surface area (Å²) in [4.78, 5) is 13.5. The zero-order valence-corrected chi connectivity index (χ0v) is 7.46. The van der Waals surface area contributed by atoms with E-state index in [4.69, 9.17) is 0 Å². The van der Waals surface area contributed by atoms with Crippen molar-refractivity contribution in [1.29, 1.82) is 0 Å². The summed E-state index contributed by atoms with van der Waals surface area (Å²) in [5.74, 6) is -1.22. The quantitative estimate of drug-likeness (QED) is 0.602. The summed E-state index contributed by atoms with van der Waals surface area (Å²) in [7, 11) is 0. The van der Waals surface area contributed by atoms with E-state index >= 15 is 0 Å². The number of ether oxygens (including phenoxy) is 1. The predicted octanol–water partition coefficient (Wildman–Crippen LogP) is 2.51. The van der Waals surface area contributed by atoms with Crippen LogP contribution < -0.4 is 4.74 Å². The second kappa shape index (κ2) is 4.42. The van der Waals surface area contributed by atoms with Gasteiger partial charge in [0.15, 0.2) is 12.0 Å². The van der Waals surface area contributed by atoms with Gasteiger partial charge in [0.05, 0.1) is 5.56 Å². The minimum atomic E-state index is -4.92. The second-order valence-corrected chi connectivity index (χ2v) is 2.60. The van der Waals surface area contributed by atoms with Crippen LogP contribution >= 0.6 is 0 Å². The topological polar surface area (TPSA) is 39.2 Å². The van der Waals surface area contributed by atoms with Crippen molar-refractivity contribution in [2.24, 2.45) is 0 Å². The number of carbonyl (C=O) groups excluding carboxylic acids is 1. The molecule has 0 aromatic carbocycles. The highest BCUT2D eigenvalue weighted by Crippen LogP contribution is 2.37. The lowest BCUT2D eigenvalue weighted by Gasteiger charge is -2.13. The number of nitrogens with zero attached hydrogens (tertiary/aromatic N) is 1. The Morgan fingerprint density at radius 2 is 1.94 bits per heavy atom. The molecule has 0 radical (unpaired) electrons. The molecule has 1 aromatic heterocycles. The lowest BCUT2D eigenvalue weighted by Crippen LogP contribution is -2.13. The third-order valence-corrected chi connectivity index (χ3v) is 1.56. The van der Waals surface area contributed by atoms with Gasteiger partial charge in [0.25, 0.3) is 0 Å². The number of rotatable bonds is 3. The van der Waals surface area contributed by atoms with Crippen molar-refractivity contribution < 1.29 is 31.5 Å². The van der Waals surface area contributed by atoms with Crippen LogP contribution in [0.25, 0.3) is 0 Å². The zero-order valence-electron chi connectivity index (χ0n) is 7.46. The predicted molar refractivity (Wildman–Crippen MR) is 41.3 cm³/mol. The van der Waals surface area contributed by atoms with Crippen molar-refractivity contribution in [1.82, 2.24) is 4.98 Å². The molecular formula is C8H4F5NO2. The number of halogens is 5. The average molecular weight is 241 g/mol. The number of hydrogen-bond acceptors (Lipinski definition) is 3. The Bertz CT molecular complexity index is 391. The van der Waals surface area contributed by atoms with Gasteiger partial charge < -0.3 is 4.74 Å². The van der Waals surface area contributed by atoms with E-state index < -0.39 is 29.7 Å². The molecule has 3 nitrogen and oxygen atoms in total. The molecule has 16 heavy (non-hydrogen) atoms. The van der Waals surface area contributed by atoms with Gasteiger partial charge in [-0.2, -0.15) is 22.0 Å². The molecule has 0 fully saturated rings. The fourth-order valence-corrected chi connectivity index (χ4v) is 0.971. The lowest BCUT2D eigenvalue weighted by molar-refractivity contribution is -0.142. The minimum absolute atomic E-state index is 0.0417. The van der Waals surface area contributed by atoms with Gasteiger partial charge in [-0.05, 0) is 0 Å². The molecule has 0 bridgehead atoms. The maximum atomic E-state index is 12.3. The van der Waals surface area contributed by atoms with Gasteiger partial charge in [0, 0.05) is 12.4 Å². The molecule has 8 heteroatoms. The van der Waals surface area contributed by atoms with E-state index in [0.717, 1.165) is 0 Å². The summed E-state index contributed by atoms with van der Waals surface area (Å²) in [6.07, 6.45) is -3.94. The monoisotopic (exact) mass is 241 g/mol. The van der Waals surface area contributed by atoms with Crippen molar-refractivity contribution >= 4 is 6.29 Å². The van der Waals surface area contributed by atoms with Crippen molar-refractivity contribution in [2.75, 3.05) is 0 Å². The minimum Gasteiger partial charge on any atom is -0.433 e. The summed E-state index contributed by atoms with van der Waals surface area (Å²) < 4.78 is 64.4. The summed E-state index contributed by atoms with van der Waals surface area (Å²) in [6, 6.07) is 0. The van der Waals surface area contributed by atoms with Crippen LogP contribution in [0.1, 0.15) is 15.9 Å². The Balaban J connectivity index is 3.31. The van der Waals surface area contributed by atoms with E-state index in [1.165, 1.54) is 0 Å². The Morgan fingerprint density at radius 1 is 1.31 bits per heavy atom. The average Bonchev–Trinajstić information content (AvgIpc) is 2.15. The first-order valence-corrected chi connectivity index (χ1v) is 3.81. The van der Waals surface area contributed by atoms with Crippen molar-refractivity contribution in [2.45, 2.75) is 12.8 Å². The SMILES string of the molecule is O=Cc1cncc(C(F)(F)F)c1OC(F)F. The van der Waals surface area contributed by atoms with Crippen LogP contribution in [0, 0.1) is 0 Å². The number of aldehydes is 1. The van der Waals surface area contributed by atoms with Crippen LogP contribution in [0.4, 0.5) is 22.0 Å². The van der Waals surface area contributed by atoms with Gasteiger partial charge in [-0.25, -0.2) is 0 Å². The highest BCUT2D eigenvalue weighted by atomic mass is 19.4. The Kier molecular flexibility index (Phi) is 3.41. The number of alkyl halides is 5. The Labute approximate surface area is 85.8 Å². The van der Waals surface area contributed by atoms with E-state index in [-0.39, 0.29) is 6.29 Å². The molecule has 0 saturated heterocycles. The van der Waals surface area contributed by atoms with Gasteiger partial charge in [-0.15, -0.1) is 0 Å². The number of pyridine rings is 1. The highest BCUT2D eigenvalue weighted by Gasteiger charge is 2.36. The Morgan fingerprint density at radius 3 is 2.38 bits per heavy atom. The normalized spacial score (nSPS) is 11.6. The molecular weight excluding hydrogens is 237 g/mol. The second-order valence-electron chi connectivity index (χ2n) is 2.60. The molecule has 1 rings (SSSR count). The summed E-state index contributed by atoms with van der Waals surface area (Å²) in [5, 5.41) is 0. The first-order valence-electron chi connectivity index (χ1n) is 3.81. The lowest BCUT2D eigenvalue weighted by atomic mass is 10.2. The molecule has 0 saturated carbocycles. The van der Waals surface area contributed by atoms with Crippen LogP contribution in [-0.4, -0.2) is 17.9 Å². The van der Waals surface area contributed by atoms with Gasteiger partial charge in [0.2, 0.25) is 0 Å². The van der Waals surface area contributed by atoms with Crippen molar-refractivity contribution in [3.63, 3.8) is 0 Å². The van der Waals surface area contributed by atoms with Crippen LogP contribution in [0.2, 0.25) is 0 Å². The molecule has 1 heterocycles. The largest absolute Gasteiger partial charge is 0.433 e. The highest BCUT2D eigenvalue weighted by molar-refractivity contribution is 5.79. The summed E-state index contributed by atoms with van der Waals surface area (Å²) >= 11 is 0. The van der Waals surface area contributed by atoms with Gasteiger partial charge in [0.1, 0.15) is 5.56 Å². The van der Waals surface area contributed by atoms with E-state index in [1.54, 1.807) is 0 Å². The number of hydrogen-bond donors (Lipinski definition) is 0. The molecule has 0 aliphatic rings. The number of carbonyl (C=O) groups is 1. The van der Waals surface area contributed by atoms with E-state index in [9.17, 15) is 26.7 Å². The molecule has 1 aromatic rings. The van der Waals surface area contributed by atoms with Crippen LogP contribution in [-0.2, 0) is 6.18 Å². The van der Waals surface area contributed by atoms with Crippen LogP contribution in [0.5, 0.6) is 5.75 Å². The van der Waals surface area contributed by atoms with E-state index in [0.29, 0.717) is 12.4 Å². The van der Waals surface area contributed by atoms with Gasteiger partial charge >= 0.3 is 12.8 Å². The van der Waals surface area contributed by atoms with E-state index in [1.807, 2.05) is 0 Å². The summed E-state index contributed by atoms with van der Waals surface area (Å²) in [6.45, 7) is -3.46. The molecule has 0 amide bonds. The fourth-order valence-electron chi connectivity index (χ4n) is 0.971. The first kappa shape index (κ1) is 12.3. The molecule has 88 valence electrons. The molecule has 0 unspecified atom stereocenters. The van der Waals surface area contributed by atoms with Gasteiger partial charge in [-0.3, -0.25) is 9.78 Å². The standard InChI is InChI=1S/C8H4F5NO2/c9-7(10)16-6-4(3-15)1-14-2-5(6)8(11,12)13/h1-3,7H. The van der Waals surface area contributed by atoms with Gasteiger partial charge in [-0.1, -0.05) is 0 Å². The molecule has 0 N–H and O–H groups in total. The van der Waals surface area contributed by atoms with Crippen LogP contribution in [0.3, 0.4) is 0 Å². The number of aromatic nitrogens is 1. The molecule has 0 aliphatic carbocycles. The Hall–Kier alpha value is -1.73. The van der Waals surface area contributed by atoms with E-state index in [2.05, 4.69) is 9.72 Å². The van der Waals surface area contributed by atoms with Crippen molar-refractivity contribution in [3.8, 4) is 5.75 Å². The zero-order chi connectivity index (χ0) is 12.3. The fraction of sp³-hybridized carbons (Fsp3) is 0.250. The maximum Gasteiger partial charge on any atom is 0.421 e.